The minimum absolute atomic E-state index is 0.0114. The van der Waals surface area contributed by atoms with Crippen molar-refractivity contribution in [2.45, 2.75) is 17.7 Å². The monoisotopic (exact) mass is 373 g/mol. The molecule has 0 spiro atoms. The predicted octanol–water partition coefficient (Wildman–Crippen LogP) is 3.81. The number of benzene rings is 2. The van der Waals surface area contributed by atoms with E-state index in [-0.39, 0.29) is 22.0 Å². The van der Waals surface area contributed by atoms with Crippen LogP contribution in [0.15, 0.2) is 47.4 Å². The molecule has 122 valence electrons. The van der Waals surface area contributed by atoms with Gasteiger partial charge in [-0.1, -0.05) is 35.3 Å². The van der Waals surface area contributed by atoms with Crippen LogP contribution >= 0.6 is 23.2 Å². The number of rotatable bonds is 6. The lowest BCUT2D eigenvalue weighted by Crippen LogP contribution is -2.13. The van der Waals surface area contributed by atoms with Crippen LogP contribution in [0, 0.1) is 0 Å². The van der Waals surface area contributed by atoms with Crippen molar-refractivity contribution in [1.82, 2.24) is 0 Å². The summed E-state index contributed by atoms with van der Waals surface area (Å²) in [6.07, 6.45) is 0.325. The predicted molar refractivity (Wildman–Crippen MR) is 89.7 cm³/mol. The molecule has 0 aliphatic heterocycles. The minimum Gasteiger partial charge on any atom is -0.481 e. The Morgan fingerprint density at radius 2 is 1.74 bits per heavy atom. The Kier molecular flexibility index (Phi) is 5.51. The Labute approximate surface area is 143 Å². The van der Waals surface area contributed by atoms with E-state index >= 15 is 0 Å². The zero-order chi connectivity index (χ0) is 17.0. The summed E-state index contributed by atoms with van der Waals surface area (Å²) in [5.41, 5.74) is 0.932. The highest BCUT2D eigenvalue weighted by Gasteiger charge is 2.16. The van der Waals surface area contributed by atoms with Gasteiger partial charge in [0, 0.05) is 11.4 Å². The van der Waals surface area contributed by atoms with E-state index in [1.54, 1.807) is 18.2 Å². The number of anilines is 1. The zero-order valence-electron chi connectivity index (χ0n) is 11.8. The molecule has 0 amide bonds. The maximum Gasteiger partial charge on any atom is 0.303 e. The van der Waals surface area contributed by atoms with Gasteiger partial charge < -0.3 is 5.11 Å². The molecule has 0 saturated heterocycles. The molecule has 0 saturated carbocycles. The number of halogens is 2. The molecule has 0 bridgehead atoms. The molecule has 23 heavy (non-hydrogen) atoms. The summed E-state index contributed by atoms with van der Waals surface area (Å²) in [4.78, 5) is 10.6. The second kappa shape index (κ2) is 7.21. The maximum atomic E-state index is 12.3. The van der Waals surface area contributed by atoms with Crippen molar-refractivity contribution in [2.75, 3.05) is 4.72 Å². The van der Waals surface area contributed by atoms with Gasteiger partial charge in [0.05, 0.1) is 15.6 Å². The maximum absolute atomic E-state index is 12.3. The van der Waals surface area contributed by atoms with Crippen LogP contribution in [0.5, 0.6) is 0 Å². The van der Waals surface area contributed by atoms with E-state index in [0.717, 1.165) is 5.56 Å². The van der Waals surface area contributed by atoms with Gasteiger partial charge in [-0.05, 0) is 42.3 Å². The smallest absolute Gasteiger partial charge is 0.303 e. The van der Waals surface area contributed by atoms with Crippen molar-refractivity contribution in [2.24, 2.45) is 0 Å². The minimum atomic E-state index is -3.81. The Bertz CT molecular complexity index is 820. The highest BCUT2D eigenvalue weighted by molar-refractivity contribution is 7.92. The van der Waals surface area contributed by atoms with E-state index < -0.39 is 16.0 Å². The van der Waals surface area contributed by atoms with Crippen LogP contribution in [-0.2, 0) is 21.2 Å². The molecule has 2 N–H and O–H groups in total. The van der Waals surface area contributed by atoms with E-state index in [1.807, 2.05) is 0 Å². The molecule has 0 aromatic heterocycles. The SMILES string of the molecule is O=C(O)CCc1ccc(S(=O)(=O)Nc2cc(Cl)ccc2Cl)cc1. The summed E-state index contributed by atoms with van der Waals surface area (Å²) in [7, 11) is -3.81. The van der Waals surface area contributed by atoms with Crippen molar-refractivity contribution < 1.29 is 18.3 Å². The molecule has 0 unspecified atom stereocenters. The molecule has 5 nitrogen and oxygen atoms in total. The number of nitrogens with one attached hydrogen (secondary N) is 1. The highest BCUT2D eigenvalue weighted by Crippen LogP contribution is 2.27. The van der Waals surface area contributed by atoms with Crippen molar-refractivity contribution >= 4 is 44.9 Å². The first-order valence-electron chi connectivity index (χ1n) is 6.56. The van der Waals surface area contributed by atoms with Gasteiger partial charge in [-0.25, -0.2) is 8.42 Å². The lowest BCUT2D eigenvalue weighted by atomic mass is 10.1. The lowest BCUT2D eigenvalue weighted by molar-refractivity contribution is -0.136. The number of hydrogen-bond acceptors (Lipinski definition) is 3. The number of carbonyl (C=O) groups is 1. The van der Waals surface area contributed by atoms with Crippen LogP contribution in [-0.4, -0.2) is 19.5 Å². The fourth-order valence-electron chi connectivity index (χ4n) is 1.87. The second-order valence-corrected chi connectivity index (χ2v) is 7.29. The number of aryl methyl sites for hydroxylation is 1. The third kappa shape index (κ3) is 4.86. The molecule has 2 rings (SSSR count). The Morgan fingerprint density at radius 1 is 1.09 bits per heavy atom. The lowest BCUT2D eigenvalue weighted by Gasteiger charge is -2.10. The van der Waals surface area contributed by atoms with Crippen molar-refractivity contribution in [3.05, 3.63) is 58.1 Å². The van der Waals surface area contributed by atoms with Gasteiger partial charge in [-0.2, -0.15) is 0 Å². The largest absolute Gasteiger partial charge is 0.481 e. The average molecular weight is 374 g/mol. The molecular formula is C15H13Cl2NO4S. The summed E-state index contributed by atoms with van der Waals surface area (Å²) in [5, 5.41) is 9.23. The fraction of sp³-hybridized carbons (Fsp3) is 0.133. The number of carboxylic acid groups (broad SMARTS) is 1. The molecule has 8 heteroatoms. The number of carboxylic acids is 1. The summed E-state index contributed by atoms with van der Waals surface area (Å²) in [6, 6.07) is 10.5. The van der Waals surface area contributed by atoms with Gasteiger partial charge in [-0.15, -0.1) is 0 Å². The van der Waals surface area contributed by atoms with Crippen molar-refractivity contribution in [3.8, 4) is 0 Å². The molecule has 0 aliphatic carbocycles. The second-order valence-electron chi connectivity index (χ2n) is 4.77. The van der Waals surface area contributed by atoms with E-state index in [4.69, 9.17) is 28.3 Å². The van der Waals surface area contributed by atoms with E-state index in [1.165, 1.54) is 24.3 Å². The van der Waals surface area contributed by atoms with Crippen molar-refractivity contribution in [1.29, 1.82) is 0 Å². The van der Waals surface area contributed by atoms with Crippen LogP contribution in [0.1, 0.15) is 12.0 Å². The van der Waals surface area contributed by atoms with E-state index in [9.17, 15) is 13.2 Å². The van der Waals surface area contributed by atoms with Gasteiger partial charge in [-0.3, -0.25) is 9.52 Å². The summed E-state index contributed by atoms with van der Waals surface area (Å²) in [6.45, 7) is 0. The standard InChI is InChI=1S/C15H13Cl2NO4S/c16-11-4-7-13(17)14(9-11)18-23(21,22)12-5-1-10(2-6-12)3-8-15(19)20/h1-2,4-7,9,18H,3,8H2,(H,19,20). The topological polar surface area (TPSA) is 83.5 Å². The van der Waals surface area contributed by atoms with Crippen LogP contribution in [0.25, 0.3) is 0 Å². The number of hydrogen-bond donors (Lipinski definition) is 2. The molecule has 0 radical (unpaired) electrons. The van der Waals surface area contributed by atoms with E-state index in [0.29, 0.717) is 11.4 Å². The van der Waals surface area contributed by atoms with Gasteiger partial charge in [0.2, 0.25) is 0 Å². The van der Waals surface area contributed by atoms with Gasteiger partial charge >= 0.3 is 5.97 Å². The zero-order valence-corrected chi connectivity index (χ0v) is 14.1. The first kappa shape index (κ1) is 17.6. The highest BCUT2D eigenvalue weighted by atomic mass is 35.5. The third-order valence-corrected chi connectivity index (χ3v) is 4.98. The van der Waals surface area contributed by atoms with Crippen LogP contribution < -0.4 is 4.72 Å². The van der Waals surface area contributed by atoms with Crippen LogP contribution in [0.3, 0.4) is 0 Å². The molecule has 0 aliphatic rings. The van der Waals surface area contributed by atoms with E-state index in [2.05, 4.69) is 4.72 Å². The van der Waals surface area contributed by atoms with Crippen LogP contribution in [0.2, 0.25) is 10.0 Å². The Morgan fingerprint density at radius 3 is 2.35 bits per heavy atom. The molecule has 0 fully saturated rings. The molecular weight excluding hydrogens is 361 g/mol. The molecule has 0 atom stereocenters. The number of sulfonamides is 1. The summed E-state index contributed by atoms with van der Waals surface area (Å²) < 4.78 is 27.0. The fourth-order valence-corrected chi connectivity index (χ4v) is 3.33. The average Bonchev–Trinajstić information content (AvgIpc) is 2.49. The van der Waals surface area contributed by atoms with Gasteiger partial charge in [0.1, 0.15) is 0 Å². The molecule has 2 aromatic rings. The number of aliphatic carboxylic acids is 1. The van der Waals surface area contributed by atoms with Crippen molar-refractivity contribution in [3.63, 3.8) is 0 Å². The van der Waals surface area contributed by atoms with Gasteiger partial charge in [0.15, 0.2) is 0 Å². The first-order valence-corrected chi connectivity index (χ1v) is 8.80. The molecule has 2 aromatic carbocycles. The first-order chi connectivity index (χ1) is 10.8. The Hall–Kier alpha value is -1.76. The normalized spacial score (nSPS) is 11.2. The summed E-state index contributed by atoms with van der Waals surface area (Å²) in [5.74, 6) is -0.904. The third-order valence-electron chi connectivity index (χ3n) is 3.03. The Balaban J connectivity index is 2.19. The van der Waals surface area contributed by atoms with Gasteiger partial charge in [0.25, 0.3) is 10.0 Å². The molecule has 0 heterocycles. The quantitative estimate of drug-likeness (QED) is 0.806. The van der Waals surface area contributed by atoms with Crippen LogP contribution in [0.4, 0.5) is 5.69 Å². The summed E-state index contributed by atoms with van der Waals surface area (Å²) >= 11 is 11.8.